The number of rotatable bonds is 36. The van der Waals surface area contributed by atoms with Crippen molar-refractivity contribution in [1.82, 2.24) is 37.0 Å². The molecule has 0 aliphatic carbocycles. The minimum Gasteiger partial charge on any atom is -0.466 e. The highest BCUT2D eigenvalue weighted by molar-refractivity contribution is 8.00. The second-order valence-electron chi connectivity index (χ2n) is 21.5. The molecule has 39 heteroatoms. The van der Waals surface area contributed by atoms with E-state index in [1.54, 1.807) is 6.92 Å². The number of ether oxygens (including phenoxy) is 16. The smallest absolute Gasteiger partial charge is 0.414 e. The first-order valence-corrected chi connectivity index (χ1v) is 37.0. The van der Waals surface area contributed by atoms with Gasteiger partial charge in [0.05, 0.1) is 123 Å². The van der Waals surface area contributed by atoms with Crippen molar-refractivity contribution < 1.29 is 129 Å². The van der Waals surface area contributed by atoms with Gasteiger partial charge in [0.2, 0.25) is 47.3 Å². The van der Waals surface area contributed by atoms with Crippen LogP contribution < -0.4 is 37.8 Å². The maximum Gasteiger partial charge on any atom is 0.414 e. The minimum atomic E-state index is -2.30. The number of amides is 8. The average molecular weight is 1530 g/mol. The molecule has 586 valence electrons. The Labute approximate surface area is 612 Å². The Morgan fingerprint density at radius 1 is 0.574 bits per heavy atom. The van der Waals surface area contributed by atoms with Gasteiger partial charge in [-0.15, -0.1) is 11.8 Å². The molecule has 0 radical (unpaired) electrons. The van der Waals surface area contributed by atoms with Crippen molar-refractivity contribution in [3.8, 4) is 0 Å². The van der Waals surface area contributed by atoms with Gasteiger partial charge in [-0.05, 0) is 32.6 Å². The number of thiol groups is 3. The zero-order valence-electron chi connectivity index (χ0n) is 59.1. The van der Waals surface area contributed by atoms with Crippen LogP contribution in [0.2, 0.25) is 0 Å². The van der Waals surface area contributed by atoms with Gasteiger partial charge in [-0.1, -0.05) is 34.1 Å². The molecule has 5 atom stereocenters. The van der Waals surface area contributed by atoms with E-state index in [9.17, 15) is 47.9 Å². The molecular formula is C62H112N8O27S4. The number of nitrogens with two attached hydrogens (primary N) is 1. The van der Waals surface area contributed by atoms with Crippen LogP contribution in [0.5, 0.6) is 0 Å². The molecule has 5 unspecified atom stereocenters. The topological polar surface area (TPSA) is 429 Å². The predicted octanol–water partition coefficient (Wildman–Crippen LogP) is 0.177. The monoisotopic (exact) mass is 1530 g/mol. The van der Waals surface area contributed by atoms with Crippen molar-refractivity contribution >= 4 is 109 Å². The molecule has 2 fully saturated rings. The van der Waals surface area contributed by atoms with Crippen molar-refractivity contribution in [2.75, 3.05) is 188 Å². The van der Waals surface area contributed by atoms with Crippen LogP contribution in [0.3, 0.4) is 0 Å². The summed E-state index contributed by atoms with van der Waals surface area (Å²) < 4.78 is 91.1. The summed E-state index contributed by atoms with van der Waals surface area (Å²) in [5, 5.41) is 12.3. The van der Waals surface area contributed by atoms with Gasteiger partial charge >= 0.3 is 18.3 Å². The van der Waals surface area contributed by atoms with Gasteiger partial charge in [-0.3, -0.25) is 67.2 Å². The van der Waals surface area contributed by atoms with E-state index in [0.717, 1.165) is 37.4 Å². The molecule has 0 aromatic carbocycles. The summed E-state index contributed by atoms with van der Waals surface area (Å²) in [6.07, 6.45) is -1.49. The van der Waals surface area contributed by atoms with Crippen molar-refractivity contribution in [3.63, 3.8) is 0 Å². The fourth-order valence-corrected chi connectivity index (χ4v) is 9.80. The lowest BCUT2D eigenvalue weighted by molar-refractivity contribution is -0.511. The number of nitrogens with zero attached hydrogens (tertiary/aromatic N) is 1. The van der Waals surface area contributed by atoms with Crippen LogP contribution in [0.15, 0.2) is 0 Å². The molecule has 0 aromatic heterocycles. The number of hydrogen-bond acceptors (Lipinski definition) is 32. The molecule has 35 nitrogen and oxygen atoms in total. The third kappa shape index (κ3) is 47.1. The zero-order chi connectivity index (χ0) is 74.6. The molecular weight excluding hydrogens is 1420 g/mol. The summed E-state index contributed by atoms with van der Waals surface area (Å²) >= 11 is 13.5. The largest absolute Gasteiger partial charge is 0.466 e. The van der Waals surface area contributed by atoms with E-state index >= 15 is 0 Å². The molecule has 8 N–H and O–H groups in total. The molecule has 2 aliphatic rings. The summed E-state index contributed by atoms with van der Waals surface area (Å²) in [7, 11) is 0. The van der Waals surface area contributed by atoms with Crippen LogP contribution in [-0.2, 0) is 129 Å². The number of hydroxylamine groups is 1. The Morgan fingerprint density at radius 3 is 1.67 bits per heavy atom. The number of carbonyl (C=O) groups is 10. The van der Waals surface area contributed by atoms with E-state index in [4.69, 9.17) is 81.6 Å². The first-order chi connectivity index (χ1) is 48.8. The van der Waals surface area contributed by atoms with Gasteiger partial charge in [-0.25, -0.2) is 5.48 Å². The minimum absolute atomic E-state index is 0.00509. The number of hydrogen-bond donors (Lipinski definition) is 10. The lowest BCUT2D eigenvalue weighted by atomic mass is 10.2. The number of imide groups is 1. The number of nitrogens with one attached hydrogen (secondary N) is 6. The van der Waals surface area contributed by atoms with Crippen molar-refractivity contribution in [1.29, 1.82) is 0 Å². The van der Waals surface area contributed by atoms with Crippen molar-refractivity contribution in [2.24, 2.45) is 5.73 Å². The predicted molar refractivity (Wildman–Crippen MR) is 373 cm³/mol. The molecule has 0 bridgehead atoms. The fourth-order valence-electron chi connectivity index (χ4n) is 7.95. The van der Waals surface area contributed by atoms with Gasteiger partial charge in [0, 0.05) is 101 Å². The fraction of sp³-hybridized carbons (Fsp3) is 0.839. The van der Waals surface area contributed by atoms with Gasteiger partial charge in [-0.2, -0.15) is 37.9 Å². The standard InChI is InChI=1S/C57H102N8O25S3.C5H10O2S/c1-5-9-17-65-52(71)36-47(55(65)74)93-39-43(58)46(66)14-21-80-41-88-56(82-29-24-75-18-6-2)85-32-27-78-22-16-60-53(72)44(37-91)62-50(69)12-13-51(70)64-90-35-34-87-57(83-30-25-76-19-7-3,84-31-26-77-20-8-4)89-42-81-23-15-59-48(67)10-11-49(68)63-45(38-92)54(73)61-40-79-28-33-86-56;1-2-7-5(6)3-4-8/h43-45,47,91-92H,5-42,58H2,1-4H3,(H,59,67)(H,60,72)(H,61,73)(H,62,69)(H,63,68)(H,64,70);8H,2-4H2,1H3. The maximum atomic E-state index is 13.1. The van der Waals surface area contributed by atoms with Crippen molar-refractivity contribution in [3.05, 3.63) is 0 Å². The van der Waals surface area contributed by atoms with E-state index < -0.39 is 84.7 Å². The third-order valence-corrected chi connectivity index (χ3v) is 15.4. The highest BCUT2D eigenvalue weighted by Crippen LogP contribution is 2.26. The molecule has 2 heterocycles. The third-order valence-electron chi connectivity index (χ3n) is 13.1. The summed E-state index contributed by atoms with van der Waals surface area (Å²) in [6.45, 7) is 9.00. The van der Waals surface area contributed by atoms with Crippen molar-refractivity contribution in [2.45, 2.75) is 147 Å². The van der Waals surface area contributed by atoms with E-state index in [-0.39, 0.29) is 198 Å². The normalized spacial score (nSPS) is 21.5. The number of Topliss-reactive ketones (excluding diaryl/α,β-unsaturated/α-hetero) is 1. The SMILES string of the molecule is CCCCN1C(=O)CC(SCC(N)C(=O)CCOCOC2(OCCOCCC)OCCOCCNC(=O)C(CS)NC(=O)CCC(=O)NOCCOC(OCCOCCC)(OCCOCCC)OCOCCNC(=O)CCC(=O)NC(CS)C(=O)NCOCCO2)C1=O.CCOC(=O)CCS. The highest BCUT2D eigenvalue weighted by Gasteiger charge is 2.40. The Hall–Kier alpha value is -4.18. The highest BCUT2D eigenvalue weighted by atomic mass is 32.2. The zero-order valence-corrected chi connectivity index (χ0v) is 62.6. The number of unbranched alkanes of at least 4 members (excludes halogenated alkanes) is 1. The van der Waals surface area contributed by atoms with Crippen LogP contribution >= 0.6 is 49.6 Å². The lowest BCUT2D eigenvalue weighted by Crippen LogP contribution is -2.49. The Morgan fingerprint density at radius 2 is 1.11 bits per heavy atom. The molecule has 2 aliphatic heterocycles. The van der Waals surface area contributed by atoms with Crippen LogP contribution in [0.25, 0.3) is 0 Å². The van der Waals surface area contributed by atoms with Crippen LogP contribution in [-0.4, -0.2) is 288 Å². The molecule has 101 heavy (non-hydrogen) atoms. The molecule has 0 aromatic rings. The molecule has 0 spiro atoms. The number of thioether (sulfide) groups is 1. The molecule has 2 rings (SSSR count). The van der Waals surface area contributed by atoms with Gasteiger partial charge < -0.3 is 98.6 Å². The molecule has 0 saturated carbocycles. The van der Waals surface area contributed by atoms with Crippen LogP contribution in [0.4, 0.5) is 0 Å². The summed E-state index contributed by atoms with van der Waals surface area (Å²) in [5.41, 5.74) is 8.41. The van der Waals surface area contributed by atoms with E-state index in [1.165, 1.54) is 4.90 Å². The second-order valence-corrected chi connectivity index (χ2v) is 23.9. The molecule has 8 amide bonds. The van der Waals surface area contributed by atoms with Gasteiger partial charge in [0.25, 0.3) is 0 Å². The number of esters is 1. The summed E-state index contributed by atoms with van der Waals surface area (Å²) in [5.74, 6) is -4.15. The Kier molecular flexibility index (Phi) is 58.3. The average Bonchev–Trinajstić information content (AvgIpc) is 1.78. The lowest BCUT2D eigenvalue weighted by Gasteiger charge is -2.32. The number of ketones is 1. The number of carbonyl (C=O) groups excluding carboxylic acids is 10. The summed E-state index contributed by atoms with van der Waals surface area (Å²) in [6, 6.07) is -3.13. The van der Waals surface area contributed by atoms with Gasteiger partial charge in [0.15, 0.2) is 19.4 Å². The van der Waals surface area contributed by atoms with E-state index in [2.05, 4.69) is 74.7 Å². The van der Waals surface area contributed by atoms with E-state index in [1.807, 2.05) is 27.7 Å². The maximum absolute atomic E-state index is 13.1. The summed E-state index contributed by atoms with van der Waals surface area (Å²) in [4.78, 5) is 132. The Bertz CT molecular complexity index is 2280. The molecule has 2 saturated heterocycles. The first kappa shape index (κ1) is 94.8. The van der Waals surface area contributed by atoms with Crippen LogP contribution in [0, 0.1) is 0 Å². The van der Waals surface area contributed by atoms with Gasteiger partial charge in [0.1, 0.15) is 18.8 Å². The second kappa shape index (κ2) is 62.1. The van der Waals surface area contributed by atoms with Crippen LogP contribution in [0.1, 0.15) is 112 Å². The number of likely N-dealkylation sites (tertiary alicyclic amines) is 1. The quantitative estimate of drug-likeness (QED) is 0.0131. The van der Waals surface area contributed by atoms with E-state index in [0.29, 0.717) is 51.6 Å². The Balaban J connectivity index is 0.00000597. The first-order valence-electron chi connectivity index (χ1n) is 34.0.